The predicted octanol–water partition coefficient (Wildman–Crippen LogP) is 7.53. The van der Waals surface area contributed by atoms with Gasteiger partial charge in [0.2, 0.25) is 5.91 Å². The summed E-state index contributed by atoms with van der Waals surface area (Å²) < 4.78 is 0.935. The van der Waals surface area contributed by atoms with Gasteiger partial charge in [-0.25, -0.2) is 0 Å². The Bertz CT molecular complexity index is 1510. The Kier molecular flexibility index (Phi) is 6.20. The number of fused-ring (bicyclic) bond motifs is 2. The lowest BCUT2D eigenvalue weighted by Crippen LogP contribution is -2.50. The molecule has 0 radical (unpaired) electrons. The summed E-state index contributed by atoms with van der Waals surface area (Å²) in [6.07, 6.45) is 0. The van der Waals surface area contributed by atoms with Crippen LogP contribution in [0.1, 0.15) is 39.0 Å². The molecule has 37 heavy (non-hydrogen) atoms. The molecule has 6 rings (SSSR count). The number of anilines is 1. The van der Waals surface area contributed by atoms with E-state index in [1.807, 2.05) is 54.6 Å². The summed E-state index contributed by atoms with van der Waals surface area (Å²) in [7, 11) is 0. The van der Waals surface area contributed by atoms with Crippen LogP contribution in [0.25, 0.3) is 0 Å². The molecule has 0 aliphatic carbocycles. The molecule has 1 spiro atoms. The molecule has 1 fully saturated rings. The molecule has 184 valence electrons. The van der Waals surface area contributed by atoms with Gasteiger partial charge in [-0.05, 0) is 65.7 Å². The van der Waals surface area contributed by atoms with Crippen LogP contribution in [-0.2, 0) is 10.3 Å². The third kappa shape index (κ3) is 4.02. The van der Waals surface area contributed by atoms with Crippen LogP contribution in [0.3, 0.4) is 0 Å². The van der Waals surface area contributed by atoms with Crippen molar-refractivity contribution in [3.63, 3.8) is 0 Å². The fraction of sp³-hybridized carbons (Fsp3) is 0.133. The number of Topliss-reactive ketones (excluding diaryl/α,β-unsaturated/α-hetero) is 1. The van der Waals surface area contributed by atoms with Gasteiger partial charge in [0.05, 0.1) is 5.92 Å². The molecule has 2 N–H and O–H groups in total. The Labute approximate surface area is 233 Å². The van der Waals surface area contributed by atoms with E-state index in [2.05, 4.69) is 26.6 Å². The average Bonchev–Trinajstić information content (AvgIpc) is 3.40. The number of hydrogen-bond acceptors (Lipinski definition) is 3. The minimum absolute atomic E-state index is 0.140. The topological polar surface area (TPSA) is 58.2 Å². The van der Waals surface area contributed by atoms with Gasteiger partial charge in [-0.3, -0.25) is 14.9 Å². The number of rotatable bonds is 4. The zero-order valence-electron chi connectivity index (χ0n) is 19.4. The monoisotopic (exact) mass is 590 g/mol. The van der Waals surface area contributed by atoms with Gasteiger partial charge in [0.1, 0.15) is 5.54 Å². The molecule has 4 atom stereocenters. The SMILES string of the molecule is O=C(c1ccc(Cl)cc1)C1[C@H](c2ccc(Br)cc2)[C@@H](c2ccccc2)NC12C(=O)Nc1ccc(Cl)cc12. The number of nitrogens with one attached hydrogen (secondary N) is 2. The van der Waals surface area contributed by atoms with E-state index in [1.54, 1.807) is 42.5 Å². The van der Waals surface area contributed by atoms with E-state index in [0.29, 0.717) is 26.9 Å². The van der Waals surface area contributed by atoms with E-state index in [0.717, 1.165) is 15.6 Å². The van der Waals surface area contributed by atoms with Crippen LogP contribution >= 0.6 is 39.1 Å². The van der Waals surface area contributed by atoms with Crippen molar-refractivity contribution in [3.05, 3.63) is 134 Å². The Hall–Kier alpha value is -2.96. The lowest BCUT2D eigenvalue weighted by atomic mass is 9.69. The summed E-state index contributed by atoms with van der Waals surface area (Å²) in [6.45, 7) is 0. The highest BCUT2D eigenvalue weighted by Gasteiger charge is 2.64. The maximum Gasteiger partial charge on any atom is 0.250 e. The fourth-order valence-electron chi connectivity index (χ4n) is 5.81. The predicted molar refractivity (Wildman–Crippen MR) is 150 cm³/mol. The molecule has 0 saturated carbocycles. The maximum atomic E-state index is 14.5. The van der Waals surface area contributed by atoms with E-state index in [4.69, 9.17) is 23.2 Å². The van der Waals surface area contributed by atoms with Crippen molar-refractivity contribution in [2.45, 2.75) is 17.5 Å². The maximum absolute atomic E-state index is 14.5. The van der Waals surface area contributed by atoms with Gasteiger partial charge in [0.15, 0.2) is 5.78 Å². The number of carbonyl (C=O) groups excluding carboxylic acids is 2. The summed E-state index contributed by atoms with van der Waals surface area (Å²) in [5.41, 5.74) is 2.45. The minimum atomic E-state index is -1.32. The van der Waals surface area contributed by atoms with E-state index < -0.39 is 11.5 Å². The van der Waals surface area contributed by atoms with Crippen LogP contribution in [0.15, 0.2) is 102 Å². The first-order valence-electron chi connectivity index (χ1n) is 11.9. The molecule has 2 aliphatic rings. The van der Waals surface area contributed by atoms with Crippen LogP contribution in [0.2, 0.25) is 10.0 Å². The summed E-state index contributed by atoms with van der Waals surface area (Å²) in [5, 5.41) is 7.71. The van der Waals surface area contributed by atoms with Gasteiger partial charge in [-0.2, -0.15) is 0 Å². The summed E-state index contributed by atoms with van der Waals surface area (Å²) >= 11 is 16.1. The molecule has 2 unspecified atom stereocenters. The molecular weight excluding hydrogens is 571 g/mol. The van der Waals surface area contributed by atoms with Crippen molar-refractivity contribution in [2.24, 2.45) is 5.92 Å². The van der Waals surface area contributed by atoms with Gasteiger partial charge in [0.25, 0.3) is 0 Å². The van der Waals surface area contributed by atoms with Crippen LogP contribution < -0.4 is 10.6 Å². The number of benzene rings is 4. The van der Waals surface area contributed by atoms with Crippen LogP contribution in [0.4, 0.5) is 5.69 Å². The fourth-order valence-corrected chi connectivity index (χ4v) is 6.37. The first-order chi connectivity index (χ1) is 17.9. The standard InChI is InChI=1S/C30H21BrCl2N2O2/c31-20-10-6-17(7-11-20)25-26(28(36)19-8-12-21(32)13-9-19)30(35-27(25)18-4-2-1-3-5-18)23-16-22(33)14-15-24(23)34-29(30)37/h1-16,25-27,35H,(H,34,37)/t25-,26?,27+,30?/m0/s1. The van der Waals surface area contributed by atoms with Crippen molar-refractivity contribution < 1.29 is 9.59 Å². The molecule has 2 heterocycles. The average molecular weight is 592 g/mol. The normalized spacial score (nSPS) is 24.2. The molecule has 7 heteroatoms. The lowest BCUT2D eigenvalue weighted by Gasteiger charge is -2.31. The lowest BCUT2D eigenvalue weighted by molar-refractivity contribution is -0.122. The van der Waals surface area contributed by atoms with Crippen LogP contribution in [-0.4, -0.2) is 11.7 Å². The third-order valence-corrected chi connectivity index (χ3v) is 8.42. The van der Waals surface area contributed by atoms with Crippen molar-refractivity contribution in [1.29, 1.82) is 0 Å². The second kappa shape index (κ2) is 9.41. The molecular formula is C30H21BrCl2N2O2. The Morgan fingerprint density at radius 2 is 1.49 bits per heavy atom. The molecule has 1 saturated heterocycles. The van der Waals surface area contributed by atoms with Crippen LogP contribution in [0, 0.1) is 5.92 Å². The van der Waals surface area contributed by atoms with Gasteiger partial charge in [-0.15, -0.1) is 0 Å². The van der Waals surface area contributed by atoms with E-state index in [1.165, 1.54) is 0 Å². The minimum Gasteiger partial charge on any atom is -0.324 e. The first-order valence-corrected chi connectivity index (χ1v) is 13.4. The third-order valence-electron chi connectivity index (χ3n) is 7.41. The highest BCUT2D eigenvalue weighted by atomic mass is 79.9. The molecule has 2 aliphatic heterocycles. The molecule has 0 bridgehead atoms. The second-order valence-corrected chi connectivity index (χ2v) is 11.2. The van der Waals surface area contributed by atoms with Gasteiger partial charge >= 0.3 is 0 Å². The molecule has 1 amide bonds. The summed E-state index contributed by atoms with van der Waals surface area (Å²) in [5.74, 6) is -1.52. The molecule has 4 aromatic rings. The highest BCUT2D eigenvalue weighted by molar-refractivity contribution is 9.10. The van der Waals surface area contributed by atoms with Crippen molar-refractivity contribution in [1.82, 2.24) is 5.32 Å². The Morgan fingerprint density at radius 1 is 0.811 bits per heavy atom. The quantitative estimate of drug-likeness (QED) is 0.241. The number of hydrogen-bond donors (Lipinski definition) is 2. The van der Waals surface area contributed by atoms with E-state index >= 15 is 0 Å². The molecule has 4 nitrogen and oxygen atoms in total. The largest absolute Gasteiger partial charge is 0.324 e. The van der Waals surface area contributed by atoms with Gasteiger partial charge in [-0.1, -0.05) is 81.6 Å². The number of carbonyl (C=O) groups is 2. The number of halogens is 3. The molecule has 4 aromatic carbocycles. The number of amides is 1. The van der Waals surface area contributed by atoms with E-state index in [-0.39, 0.29) is 23.7 Å². The smallest absolute Gasteiger partial charge is 0.250 e. The molecule has 0 aromatic heterocycles. The van der Waals surface area contributed by atoms with Crippen molar-refractivity contribution in [3.8, 4) is 0 Å². The van der Waals surface area contributed by atoms with Crippen molar-refractivity contribution in [2.75, 3.05) is 5.32 Å². The zero-order valence-corrected chi connectivity index (χ0v) is 22.5. The highest BCUT2D eigenvalue weighted by Crippen LogP contribution is 2.57. The van der Waals surface area contributed by atoms with Gasteiger partial charge in [0, 0.05) is 43.3 Å². The van der Waals surface area contributed by atoms with Crippen molar-refractivity contribution >= 4 is 56.5 Å². The Balaban J connectivity index is 1.63. The first kappa shape index (κ1) is 24.4. The Morgan fingerprint density at radius 3 is 2.19 bits per heavy atom. The van der Waals surface area contributed by atoms with E-state index in [9.17, 15) is 9.59 Å². The zero-order chi connectivity index (χ0) is 25.7. The summed E-state index contributed by atoms with van der Waals surface area (Å²) in [4.78, 5) is 28.5. The summed E-state index contributed by atoms with van der Waals surface area (Å²) in [6, 6.07) is 29.7. The van der Waals surface area contributed by atoms with Crippen LogP contribution in [0.5, 0.6) is 0 Å². The second-order valence-electron chi connectivity index (χ2n) is 9.41. The number of ketones is 1. The van der Waals surface area contributed by atoms with Gasteiger partial charge < -0.3 is 5.32 Å².